The molecule has 2 N–H and O–H groups in total. The topological polar surface area (TPSA) is 54.9 Å². The van der Waals surface area contributed by atoms with E-state index in [4.69, 9.17) is 9.47 Å². The molecule has 126 valence electrons. The first-order chi connectivity index (χ1) is 10.3. The molecule has 0 aromatic heterocycles. The molecule has 0 amide bonds. The maximum atomic E-state index is 5.35. The van der Waals surface area contributed by atoms with Crippen molar-refractivity contribution in [3.05, 3.63) is 29.8 Å². The van der Waals surface area contributed by atoms with Crippen molar-refractivity contribution < 1.29 is 9.47 Å². The Morgan fingerprint density at radius 2 is 1.95 bits per heavy atom. The molecule has 0 heterocycles. The Bertz CT molecular complexity index is 428. The highest BCUT2D eigenvalue weighted by molar-refractivity contribution is 14.0. The van der Waals surface area contributed by atoms with E-state index in [-0.39, 0.29) is 24.0 Å². The largest absolute Gasteiger partial charge is 0.496 e. The molecule has 0 radical (unpaired) electrons. The predicted octanol–water partition coefficient (Wildman–Crippen LogP) is 2.45. The molecular formula is C16H28IN3O2. The molecule has 0 fully saturated rings. The highest BCUT2D eigenvalue weighted by Gasteiger charge is 2.02. The number of ether oxygens (including phenoxy) is 2. The van der Waals surface area contributed by atoms with Gasteiger partial charge >= 0.3 is 0 Å². The number of halogens is 1. The monoisotopic (exact) mass is 421 g/mol. The van der Waals surface area contributed by atoms with Crippen LogP contribution in [0.2, 0.25) is 0 Å². The lowest BCUT2D eigenvalue weighted by Crippen LogP contribution is -2.38. The van der Waals surface area contributed by atoms with Crippen molar-refractivity contribution in [2.45, 2.75) is 20.3 Å². The van der Waals surface area contributed by atoms with Crippen LogP contribution >= 0.6 is 24.0 Å². The highest BCUT2D eigenvalue weighted by atomic mass is 127. The van der Waals surface area contributed by atoms with E-state index < -0.39 is 0 Å². The normalized spacial score (nSPS) is 10.8. The number of benzene rings is 1. The summed E-state index contributed by atoms with van der Waals surface area (Å²) in [5, 5.41) is 6.55. The van der Waals surface area contributed by atoms with Crippen molar-refractivity contribution in [3.8, 4) is 5.75 Å². The summed E-state index contributed by atoms with van der Waals surface area (Å²) in [5.41, 5.74) is 1.19. The fourth-order valence-electron chi connectivity index (χ4n) is 1.93. The van der Waals surface area contributed by atoms with E-state index in [1.807, 2.05) is 25.1 Å². The van der Waals surface area contributed by atoms with Gasteiger partial charge in [0.25, 0.3) is 0 Å². The Kier molecular flexibility index (Phi) is 13.0. The molecule has 6 heteroatoms. The van der Waals surface area contributed by atoms with Crippen molar-refractivity contribution in [1.82, 2.24) is 10.6 Å². The maximum absolute atomic E-state index is 5.35. The number of guanidine groups is 1. The third kappa shape index (κ3) is 8.43. The average molecular weight is 421 g/mol. The SMILES string of the molecule is CCNC(=NCCOCC)NCCc1ccccc1OC.I. The lowest BCUT2D eigenvalue weighted by atomic mass is 10.1. The van der Waals surface area contributed by atoms with E-state index in [2.05, 4.69) is 28.6 Å². The summed E-state index contributed by atoms with van der Waals surface area (Å²) in [6, 6.07) is 8.07. The molecule has 0 spiro atoms. The highest BCUT2D eigenvalue weighted by Crippen LogP contribution is 2.17. The van der Waals surface area contributed by atoms with Crippen LogP contribution in [-0.4, -0.2) is 45.9 Å². The number of hydrogen-bond acceptors (Lipinski definition) is 3. The van der Waals surface area contributed by atoms with Gasteiger partial charge in [-0.25, -0.2) is 0 Å². The Hall–Kier alpha value is -1.02. The zero-order chi connectivity index (χ0) is 15.3. The maximum Gasteiger partial charge on any atom is 0.191 e. The lowest BCUT2D eigenvalue weighted by Gasteiger charge is -2.12. The van der Waals surface area contributed by atoms with Gasteiger partial charge in [0.2, 0.25) is 0 Å². The predicted molar refractivity (Wildman–Crippen MR) is 103 cm³/mol. The third-order valence-electron chi connectivity index (χ3n) is 2.93. The van der Waals surface area contributed by atoms with Gasteiger partial charge in [0.15, 0.2) is 5.96 Å². The van der Waals surface area contributed by atoms with Crippen LogP contribution in [-0.2, 0) is 11.2 Å². The molecule has 0 aliphatic heterocycles. The molecular weight excluding hydrogens is 393 g/mol. The quantitative estimate of drug-likeness (QED) is 0.279. The fourth-order valence-corrected chi connectivity index (χ4v) is 1.93. The Morgan fingerprint density at radius 1 is 1.18 bits per heavy atom. The van der Waals surface area contributed by atoms with Gasteiger partial charge in [-0.1, -0.05) is 18.2 Å². The van der Waals surface area contributed by atoms with Gasteiger partial charge in [0, 0.05) is 19.7 Å². The molecule has 0 aliphatic carbocycles. The van der Waals surface area contributed by atoms with Gasteiger partial charge in [-0.05, 0) is 31.9 Å². The second-order valence-corrected chi connectivity index (χ2v) is 4.45. The number of nitrogens with zero attached hydrogens (tertiary/aromatic N) is 1. The van der Waals surface area contributed by atoms with Crippen LogP contribution in [0, 0.1) is 0 Å². The lowest BCUT2D eigenvalue weighted by molar-refractivity contribution is 0.155. The van der Waals surface area contributed by atoms with Crippen molar-refractivity contribution in [1.29, 1.82) is 0 Å². The minimum atomic E-state index is 0. The van der Waals surface area contributed by atoms with Crippen molar-refractivity contribution in [2.75, 3.05) is 40.0 Å². The molecule has 1 rings (SSSR count). The van der Waals surface area contributed by atoms with Crippen LogP contribution in [0.5, 0.6) is 5.75 Å². The van der Waals surface area contributed by atoms with Crippen molar-refractivity contribution >= 4 is 29.9 Å². The second-order valence-electron chi connectivity index (χ2n) is 4.45. The summed E-state index contributed by atoms with van der Waals surface area (Å²) in [7, 11) is 1.70. The van der Waals surface area contributed by atoms with Crippen LogP contribution in [0.3, 0.4) is 0 Å². The number of hydrogen-bond donors (Lipinski definition) is 2. The molecule has 0 atom stereocenters. The van der Waals surface area contributed by atoms with E-state index in [1.54, 1.807) is 7.11 Å². The smallest absolute Gasteiger partial charge is 0.191 e. The number of nitrogens with one attached hydrogen (secondary N) is 2. The molecule has 1 aromatic rings. The van der Waals surface area contributed by atoms with Gasteiger partial charge in [-0.3, -0.25) is 4.99 Å². The second kappa shape index (κ2) is 13.6. The molecule has 0 aliphatic rings. The first-order valence-corrected chi connectivity index (χ1v) is 7.53. The Labute approximate surface area is 150 Å². The summed E-state index contributed by atoms with van der Waals surface area (Å²) in [5.74, 6) is 1.75. The standard InChI is InChI=1S/C16H27N3O2.HI/c1-4-17-16(19-12-13-21-5-2)18-11-10-14-8-6-7-9-15(14)20-3;/h6-9H,4-5,10-13H2,1-3H3,(H2,17,18,19);1H. The first-order valence-electron chi connectivity index (χ1n) is 7.53. The van der Waals surface area contributed by atoms with Gasteiger partial charge in [-0.2, -0.15) is 0 Å². The van der Waals surface area contributed by atoms with Gasteiger partial charge in [-0.15, -0.1) is 24.0 Å². The van der Waals surface area contributed by atoms with Crippen LogP contribution in [0.25, 0.3) is 0 Å². The fraction of sp³-hybridized carbons (Fsp3) is 0.562. The van der Waals surface area contributed by atoms with E-state index in [1.165, 1.54) is 5.56 Å². The molecule has 0 bridgehead atoms. The molecule has 0 unspecified atom stereocenters. The zero-order valence-electron chi connectivity index (χ0n) is 13.7. The van der Waals surface area contributed by atoms with Crippen LogP contribution < -0.4 is 15.4 Å². The Balaban J connectivity index is 0.00000441. The molecule has 22 heavy (non-hydrogen) atoms. The summed E-state index contributed by atoms with van der Waals surface area (Å²) >= 11 is 0. The van der Waals surface area contributed by atoms with E-state index in [9.17, 15) is 0 Å². The number of aliphatic imine (C=N–C) groups is 1. The average Bonchev–Trinajstić information content (AvgIpc) is 2.52. The van der Waals surface area contributed by atoms with Crippen LogP contribution in [0.4, 0.5) is 0 Å². The summed E-state index contributed by atoms with van der Waals surface area (Å²) in [4.78, 5) is 4.46. The van der Waals surface area contributed by atoms with Crippen molar-refractivity contribution in [3.63, 3.8) is 0 Å². The first kappa shape index (κ1) is 21.0. The minimum absolute atomic E-state index is 0. The van der Waals surface area contributed by atoms with Crippen LogP contribution in [0.1, 0.15) is 19.4 Å². The molecule has 5 nitrogen and oxygen atoms in total. The number of para-hydroxylation sites is 1. The number of methoxy groups -OCH3 is 1. The van der Waals surface area contributed by atoms with E-state index >= 15 is 0 Å². The third-order valence-corrected chi connectivity index (χ3v) is 2.93. The number of rotatable bonds is 9. The minimum Gasteiger partial charge on any atom is -0.496 e. The molecule has 1 aromatic carbocycles. The Morgan fingerprint density at radius 3 is 2.64 bits per heavy atom. The van der Waals surface area contributed by atoms with Crippen LogP contribution in [0.15, 0.2) is 29.3 Å². The van der Waals surface area contributed by atoms with Gasteiger partial charge in [0.05, 0.1) is 20.3 Å². The van der Waals surface area contributed by atoms with Crippen molar-refractivity contribution in [2.24, 2.45) is 4.99 Å². The van der Waals surface area contributed by atoms with E-state index in [0.29, 0.717) is 13.2 Å². The summed E-state index contributed by atoms with van der Waals surface area (Å²) < 4.78 is 10.6. The van der Waals surface area contributed by atoms with E-state index in [0.717, 1.165) is 37.8 Å². The zero-order valence-corrected chi connectivity index (χ0v) is 16.1. The molecule has 0 saturated carbocycles. The molecule has 0 saturated heterocycles. The summed E-state index contributed by atoms with van der Waals surface area (Å²) in [6.07, 6.45) is 0.889. The van der Waals surface area contributed by atoms with Gasteiger partial charge in [0.1, 0.15) is 5.75 Å². The summed E-state index contributed by atoms with van der Waals surface area (Å²) in [6.45, 7) is 7.74. The van der Waals surface area contributed by atoms with Gasteiger partial charge < -0.3 is 20.1 Å².